The van der Waals surface area contributed by atoms with Gasteiger partial charge in [0, 0.05) is 30.1 Å². The van der Waals surface area contributed by atoms with E-state index in [9.17, 15) is 4.79 Å². The fourth-order valence-corrected chi connectivity index (χ4v) is 2.63. The van der Waals surface area contributed by atoms with Crippen LogP contribution >= 0.6 is 23.2 Å². The van der Waals surface area contributed by atoms with E-state index in [2.05, 4.69) is 6.92 Å². The molecule has 0 fully saturated rings. The summed E-state index contributed by atoms with van der Waals surface area (Å²) in [5.41, 5.74) is 6.44. The van der Waals surface area contributed by atoms with Crippen LogP contribution in [0.15, 0.2) is 18.2 Å². The average Bonchev–Trinajstić information content (AvgIpc) is 2.34. The summed E-state index contributed by atoms with van der Waals surface area (Å²) in [5.74, 6) is 0.614. The molecule has 1 atom stereocenters. The van der Waals surface area contributed by atoms with Gasteiger partial charge in [0.25, 0.3) is 0 Å². The summed E-state index contributed by atoms with van der Waals surface area (Å²) in [5, 5.41) is 1.18. The van der Waals surface area contributed by atoms with Crippen molar-refractivity contribution in [3.05, 3.63) is 33.8 Å². The molecular formula is C15H22Cl2N2O. The largest absolute Gasteiger partial charge is 0.341 e. The van der Waals surface area contributed by atoms with Crippen LogP contribution in [-0.2, 0) is 11.3 Å². The van der Waals surface area contributed by atoms with E-state index < -0.39 is 0 Å². The Morgan fingerprint density at radius 1 is 1.25 bits per heavy atom. The van der Waals surface area contributed by atoms with E-state index in [-0.39, 0.29) is 5.91 Å². The number of carbonyl (C=O) groups is 1. The van der Waals surface area contributed by atoms with E-state index in [4.69, 9.17) is 28.9 Å². The van der Waals surface area contributed by atoms with Crippen molar-refractivity contribution in [1.82, 2.24) is 4.90 Å². The molecule has 1 amide bonds. The van der Waals surface area contributed by atoms with Gasteiger partial charge >= 0.3 is 0 Å². The second kappa shape index (κ2) is 8.50. The quantitative estimate of drug-likeness (QED) is 0.833. The first kappa shape index (κ1) is 17.3. The average molecular weight is 317 g/mol. The topological polar surface area (TPSA) is 46.3 Å². The third kappa shape index (κ3) is 6.12. The molecule has 1 unspecified atom stereocenters. The fourth-order valence-electron chi connectivity index (χ4n) is 2.05. The second-order valence-corrected chi connectivity index (χ2v) is 6.12. The lowest BCUT2D eigenvalue weighted by Gasteiger charge is -2.19. The molecule has 1 aromatic carbocycles. The van der Waals surface area contributed by atoms with E-state index in [0.717, 1.165) is 18.4 Å². The summed E-state index contributed by atoms with van der Waals surface area (Å²) in [6.45, 7) is 3.31. The lowest BCUT2D eigenvalue weighted by atomic mass is 10.0. The van der Waals surface area contributed by atoms with Crippen LogP contribution in [0.5, 0.6) is 0 Å². The van der Waals surface area contributed by atoms with Crippen molar-refractivity contribution < 1.29 is 4.79 Å². The van der Waals surface area contributed by atoms with Crippen LogP contribution in [0.1, 0.15) is 31.7 Å². The minimum atomic E-state index is 0.130. The maximum atomic E-state index is 12.1. The number of benzene rings is 1. The molecule has 5 heteroatoms. The highest BCUT2D eigenvalue weighted by Gasteiger charge is 2.12. The normalized spacial score (nSPS) is 12.2. The Morgan fingerprint density at radius 2 is 1.85 bits per heavy atom. The highest BCUT2D eigenvalue weighted by Crippen LogP contribution is 2.20. The van der Waals surface area contributed by atoms with Gasteiger partial charge in [-0.2, -0.15) is 0 Å². The molecule has 0 radical (unpaired) electrons. The molecule has 0 saturated heterocycles. The molecule has 112 valence electrons. The van der Waals surface area contributed by atoms with Gasteiger partial charge in [-0.25, -0.2) is 0 Å². The number of hydrogen-bond donors (Lipinski definition) is 1. The van der Waals surface area contributed by atoms with Gasteiger partial charge in [0.1, 0.15) is 0 Å². The van der Waals surface area contributed by atoms with Crippen molar-refractivity contribution in [1.29, 1.82) is 0 Å². The number of carbonyl (C=O) groups excluding carboxylic acids is 1. The van der Waals surface area contributed by atoms with E-state index in [0.29, 0.717) is 35.5 Å². The highest BCUT2D eigenvalue weighted by atomic mass is 35.5. The third-order valence-electron chi connectivity index (χ3n) is 3.28. The van der Waals surface area contributed by atoms with Crippen molar-refractivity contribution in [3.8, 4) is 0 Å². The number of halogens is 2. The SMILES string of the molecule is CC(CCN)CCC(=O)N(C)Cc1cc(Cl)cc(Cl)c1. The zero-order valence-corrected chi connectivity index (χ0v) is 13.5. The van der Waals surface area contributed by atoms with Crippen molar-refractivity contribution in [3.63, 3.8) is 0 Å². The molecule has 20 heavy (non-hydrogen) atoms. The molecule has 1 aromatic rings. The predicted molar refractivity (Wildman–Crippen MR) is 85.0 cm³/mol. The molecular weight excluding hydrogens is 295 g/mol. The summed E-state index contributed by atoms with van der Waals surface area (Å²) >= 11 is 11.9. The number of hydrogen-bond acceptors (Lipinski definition) is 2. The first-order chi connectivity index (χ1) is 9.42. The van der Waals surface area contributed by atoms with Crippen molar-refractivity contribution >= 4 is 29.1 Å². The highest BCUT2D eigenvalue weighted by molar-refractivity contribution is 6.34. The Balaban J connectivity index is 2.49. The molecule has 1 rings (SSSR count). The molecule has 0 saturated carbocycles. The molecule has 0 aliphatic rings. The molecule has 3 nitrogen and oxygen atoms in total. The van der Waals surface area contributed by atoms with Gasteiger partial charge < -0.3 is 10.6 Å². The summed E-state index contributed by atoms with van der Waals surface area (Å²) < 4.78 is 0. The van der Waals surface area contributed by atoms with Gasteiger partial charge in [-0.3, -0.25) is 4.79 Å². The van der Waals surface area contributed by atoms with E-state index in [1.807, 2.05) is 12.1 Å². The standard InChI is InChI=1S/C15H22Cl2N2O/c1-11(5-6-18)3-4-15(20)19(2)10-12-7-13(16)9-14(17)8-12/h7-9,11H,3-6,10,18H2,1-2H3. The molecule has 0 aromatic heterocycles. The van der Waals surface area contributed by atoms with Crippen LogP contribution in [-0.4, -0.2) is 24.4 Å². The van der Waals surface area contributed by atoms with Crippen molar-refractivity contribution in [2.45, 2.75) is 32.7 Å². The molecule has 0 bridgehead atoms. The lowest BCUT2D eigenvalue weighted by molar-refractivity contribution is -0.130. The summed E-state index contributed by atoms with van der Waals surface area (Å²) in [6, 6.07) is 5.34. The van der Waals surface area contributed by atoms with E-state index in [1.165, 1.54) is 0 Å². The van der Waals surface area contributed by atoms with Crippen molar-refractivity contribution in [2.75, 3.05) is 13.6 Å². The number of nitrogens with zero attached hydrogens (tertiary/aromatic N) is 1. The Hall–Kier alpha value is -0.770. The Bertz CT molecular complexity index is 431. The van der Waals surface area contributed by atoms with Crippen molar-refractivity contribution in [2.24, 2.45) is 11.7 Å². The van der Waals surface area contributed by atoms with Crippen LogP contribution < -0.4 is 5.73 Å². The smallest absolute Gasteiger partial charge is 0.222 e. The van der Waals surface area contributed by atoms with Crippen LogP contribution in [0, 0.1) is 5.92 Å². The maximum absolute atomic E-state index is 12.1. The number of nitrogens with two attached hydrogens (primary N) is 1. The number of rotatable bonds is 7. The van der Waals surface area contributed by atoms with Gasteiger partial charge in [0.15, 0.2) is 0 Å². The molecule has 0 aliphatic carbocycles. The number of amides is 1. The second-order valence-electron chi connectivity index (χ2n) is 5.25. The molecule has 0 heterocycles. The Morgan fingerprint density at radius 3 is 2.40 bits per heavy atom. The Labute approximate surface area is 131 Å². The van der Waals surface area contributed by atoms with Gasteiger partial charge in [-0.1, -0.05) is 30.1 Å². The zero-order valence-electron chi connectivity index (χ0n) is 12.0. The minimum Gasteiger partial charge on any atom is -0.341 e. The summed E-state index contributed by atoms with van der Waals surface area (Å²) in [4.78, 5) is 13.8. The van der Waals surface area contributed by atoms with E-state index in [1.54, 1.807) is 18.0 Å². The molecule has 2 N–H and O–H groups in total. The third-order valence-corrected chi connectivity index (χ3v) is 3.71. The van der Waals surface area contributed by atoms with Crippen LogP contribution in [0.25, 0.3) is 0 Å². The molecule has 0 aliphatic heterocycles. The van der Waals surface area contributed by atoms with Crippen LogP contribution in [0.3, 0.4) is 0 Å². The van der Waals surface area contributed by atoms with Gasteiger partial charge in [-0.15, -0.1) is 0 Å². The van der Waals surface area contributed by atoms with Crippen LogP contribution in [0.2, 0.25) is 10.0 Å². The zero-order chi connectivity index (χ0) is 15.1. The van der Waals surface area contributed by atoms with Crippen LogP contribution in [0.4, 0.5) is 0 Å². The lowest BCUT2D eigenvalue weighted by Crippen LogP contribution is -2.26. The fraction of sp³-hybridized carbons (Fsp3) is 0.533. The first-order valence-electron chi connectivity index (χ1n) is 6.81. The summed E-state index contributed by atoms with van der Waals surface area (Å²) in [6.07, 6.45) is 2.38. The predicted octanol–water partition coefficient (Wildman–Crippen LogP) is 3.72. The van der Waals surface area contributed by atoms with Gasteiger partial charge in [-0.05, 0) is 49.1 Å². The Kier molecular flexibility index (Phi) is 7.35. The minimum absolute atomic E-state index is 0.130. The maximum Gasteiger partial charge on any atom is 0.222 e. The monoisotopic (exact) mass is 316 g/mol. The molecule has 0 spiro atoms. The summed E-state index contributed by atoms with van der Waals surface area (Å²) in [7, 11) is 1.80. The van der Waals surface area contributed by atoms with Gasteiger partial charge in [0.05, 0.1) is 0 Å². The van der Waals surface area contributed by atoms with E-state index >= 15 is 0 Å². The first-order valence-corrected chi connectivity index (χ1v) is 7.57. The van der Waals surface area contributed by atoms with Gasteiger partial charge in [0.2, 0.25) is 5.91 Å².